The summed E-state index contributed by atoms with van der Waals surface area (Å²) in [5.41, 5.74) is 1.72. The number of halogens is 3. The van der Waals surface area contributed by atoms with Crippen LogP contribution in [0.2, 0.25) is 0 Å². The minimum absolute atomic E-state index is 0.0509. The van der Waals surface area contributed by atoms with Gasteiger partial charge in [0.2, 0.25) is 0 Å². The number of imide groups is 1. The first-order chi connectivity index (χ1) is 12.8. The van der Waals surface area contributed by atoms with Gasteiger partial charge in [-0.25, -0.2) is 4.79 Å². The number of nitrogens with zero attached hydrogens (tertiary/aromatic N) is 1. The van der Waals surface area contributed by atoms with Crippen molar-refractivity contribution in [3.05, 3.63) is 35.4 Å². The van der Waals surface area contributed by atoms with E-state index in [-0.39, 0.29) is 17.9 Å². The molecule has 0 radical (unpaired) electrons. The van der Waals surface area contributed by atoms with Gasteiger partial charge in [0.05, 0.1) is 5.92 Å². The minimum atomic E-state index is -5.29. The van der Waals surface area contributed by atoms with Gasteiger partial charge in [-0.1, -0.05) is 24.3 Å². The van der Waals surface area contributed by atoms with Crippen molar-refractivity contribution >= 4 is 17.8 Å². The van der Waals surface area contributed by atoms with Crippen molar-refractivity contribution in [2.75, 3.05) is 13.1 Å². The number of benzene rings is 1. The third-order valence-electron chi connectivity index (χ3n) is 4.93. The van der Waals surface area contributed by atoms with Gasteiger partial charge in [-0.3, -0.25) is 9.59 Å². The highest BCUT2D eigenvalue weighted by Crippen LogP contribution is 2.32. The fourth-order valence-electron chi connectivity index (χ4n) is 3.45. The maximum atomic E-state index is 12.4. The highest BCUT2D eigenvalue weighted by atomic mass is 19.4. The topological polar surface area (TPSA) is 75.7 Å². The van der Waals surface area contributed by atoms with Gasteiger partial charge in [0.1, 0.15) is 0 Å². The van der Waals surface area contributed by atoms with Crippen molar-refractivity contribution in [1.29, 1.82) is 0 Å². The normalized spacial score (nSPS) is 22.0. The van der Waals surface area contributed by atoms with E-state index < -0.39 is 29.9 Å². The lowest BCUT2D eigenvalue weighted by Gasteiger charge is -2.29. The van der Waals surface area contributed by atoms with Gasteiger partial charge in [0.15, 0.2) is 0 Å². The van der Waals surface area contributed by atoms with E-state index in [9.17, 15) is 27.6 Å². The Bertz CT molecular complexity index is 727. The van der Waals surface area contributed by atoms with E-state index in [0.29, 0.717) is 11.5 Å². The van der Waals surface area contributed by atoms with Gasteiger partial charge in [-0.05, 0) is 49.4 Å². The summed E-state index contributed by atoms with van der Waals surface area (Å²) in [6, 6.07) is 7.31. The van der Waals surface area contributed by atoms with Gasteiger partial charge >= 0.3 is 12.1 Å². The van der Waals surface area contributed by atoms with Crippen LogP contribution >= 0.6 is 0 Å². The second-order valence-corrected chi connectivity index (χ2v) is 6.69. The highest BCUT2D eigenvalue weighted by molar-refractivity contribution is 6.01. The standard InChI is InChI=1S/C18H19F3N2O4/c19-18(20,21)17(26)27-23-15(24)6-5-14(16(23)25)13-3-1-11(2-4-13)12-7-9-22-10-8-12/h1-4,12,14,22H,5-10H2. The number of hydrogen-bond donors (Lipinski definition) is 1. The van der Waals surface area contributed by atoms with Crippen molar-refractivity contribution in [3.63, 3.8) is 0 Å². The lowest BCUT2D eigenvalue weighted by molar-refractivity contribution is -0.237. The first-order valence-corrected chi connectivity index (χ1v) is 8.74. The summed E-state index contributed by atoms with van der Waals surface area (Å²) in [5.74, 6) is -4.91. The van der Waals surface area contributed by atoms with E-state index in [0.717, 1.165) is 31.5 Å². The summed E-state index contributed by atoms with van der Waals surface area (Å²) in [4.78, 5) is 39.2. The third kappa shape index (κ3) is 4.29. The SMILES string of the molecule is O=C1CCC(c2ccc(C3CCNCC3)cc2)C(=O)N1OC(=O)C(F)(F)F. The molecule has 1 aromatic carbocycles. The molecule has 1 N–H and O–H groups in total. The number of nitrogens with one attached hydrogen (secondary N) is 1. The second-order valence-electron chi connectivity index (χ2n) is 6.69. The van der Waals surface area contributed by atoms with Crippen molar-refractivity contribution in [1.82, 2.24) is 10.4 Å². The number of alkyl halides is 3. The van der Waals surface area contributed by atoms with Gasteiger partial charge in [-0.15, -0.1) is 5.06 Å². The van der Waals surface area contributed by atoms with E-state index in [1.54, 1.807) is 12.1 Å². The second kappa shape index (κ2) is 7.67. The van der Waals surface area contributed by atoms with Crippen LogP contribution in [-0.2, 0) is 19.2 Å². The molecule has 1 aromatic rings. The fourth-order valence-corrected chi connectivity index (χ4v) is 3.45. The van der Waals surface area contributed by atoms with E-state index in [4.69, 9.17) is 0 Å². The summed E-state index contributed by atoms with van der Waals surface area (Å²) in [6.45, 7) is 1.88. The quantitative estimate of drug-likeness (QED) is 0.810. The number of amides is 2. The number of piperidine rings is 2. The van der Waals surface area contributed by atoms with E-state index in [2.05, 4.69) is 10.2 Å². The molecular weight excluding hydrogens is 365 g/mol. The van der Waals surface area contributed by atoms with Crippen molar-refractivity contribution in [3.8, 4) is 0 Å². The zero-order valence-corrected chi connectivity index (χ0v) is 14.4. The maximum Gasteiger partial charge on any atom is 0.493 e. The zero-order valence-electron chi connectivity index (χ0n) is 14.4. The predicted octanol–water partition coefficient (Wildman–Crippen LogP) is 2.41. The Balaban J connectivity index is 1.73. The first kappa shape index (κ1) is 19.3. The molecule has 0 bridgehead atoms. The largest absolute Gasteiger partial charge is 0.493 e. The Morgan fingerprint density at radius 1 is 1.04 bits per heavy atom. The van der Waals surface area contributed by atoms with Crippen LogP contribution in [0.3, 0.4) is 0 Å². The van der Waals surface area contributed by atoms with Crippen LogP contribution in [-0.4, -0.2) is 42.1 Å². The number of carbonyl (C=O) groups excluding carboxylic acids is 3. The summed E-state index contributed by atoms with van der Waals surface area (Å²) in [7, 11) is 0. The number of carbonyl (C=O) groups is 3. The Hall–Kier alpha value is -2.42. The van der Waals surface area contributed by atoms with Gasteiger partial charge < -0.3 is 10.2 Å². The number of hydroxylamine groups is 2. The molecular formula is C18H19F3N2O4. The van der Waals surface area contributed by atoms with E-state index in [1.165, 1.54) is 0 Å². The molecule has 1 atom stereocenters. The van der Waals surface area contributed by atoms with Gasteiger partial charge in [-0.2, -0.15) is 13.2 Å². The Labute approximate surface area is 153 Å². The molecule has 9 heteroatoms. The average molecular weight is 384 g/mol. The molecule has 1 unspecified atom stereocenters. The van der Waals surface area contributed by atoms with E-state index in [1.807, 2.05) is 12.1 Å². The summed E-state index contributed by atoms with van der Waals surface area (Å²) in [6.07, 6.45) is -3.29. The van der Waals surface area contributed by atoms with Crippen LogP contribution in [0.4, 0.5) is 13.2 Å². The third-order valence-corrected chi connectivity index (χ3v) is 4.93. The van der Waals surface area contributed by atoms with Crippen LogP contribution in [0.25, 0.3) is 0 Å². The maximum absolute atomic E-state index is 12.4. The Morgan fingerprint density at radius 2 is 1.63 bits per heavy atom. The van der Waals surface area contributed by atoms with Crippen molar-refractivity contribution in [2.24, 2.45) is 0 Å². The first-order valence-electron chi connectivity index (χ1n) is 8.74. The van der Waals surface area contributed by atoms with Crippen molar-refractivity contribution < 1.29 is 32.4 Å². The highest BCUT2D eigenvalue weighted by Gasteiger charge is 2.46. The fraction of sp³-hybridized carbons (Fsp3) is 0.500. The molecule has 2 amide bonds. The molecule has 2 saturated heterocycles. The Kier molecular flexibility index (Phi) is 5.50. The lowest BCUT2D eigenvalue weighted by atomic mass is 9.86. The van der Waals surface area contributed by atoms with Crippen LogP contribution in [0.1, 0.15) is 48.6 Å². The summed E-state index contributed by atoms with van der Waals surface area (Å²) >= 11 is 0. The Morgan fingerprint density at radius 3 is 2.22 bits per heavy atom. The molecule has 0 spiro atoms. The minimum Gasteiger partial charge on any atom is -0.322 e. The molecule has 3 rings (SSSR count). The van der Waals surface area contributed by atoms with Crippen LogP contribution in [0.15, 0.2) is 24.3 Å². The van der Waals surface area contributed by atoms with Crippen LogP contribution in [0, 0.1) is 0 Å². The van der Waals surface area contributed by atoms with Crippen LogP contribution in [0.5, 0.6) is 0 Å². The van der Waals surface area contributed by atoms with Crippen LogP contribution < -0.4 is 5.32 Å². The molecule has 2 aliphatic rings. The predicted molar refractivity (Wildman–Crippen MR) is 87.3 cm³/mol. The smallest absolute Gasteiger partial charge is 0.322 e. The molecule has 0 saturated carbocycles. The molecule has 6 nitrogen and oxygen atoms in total. The van der Waals surface area contributed by atoms with E-state index >= 15 is 0 Å². The monoisotopic (exact) mass is 384 g/mol. The molecule has 0 aromatic heterocycles. The zero-order chi connectivity index (χ0) is 19.6. The summed E-state index contributed by atoms with van der Waals surface area (Å²) in [5, 5.41) is 3.23. The average Bonchev–Trinajstić information content (AvgIpc) is 2.65. The molecule has 0 aliphatic carbocycles. The summed E-state index contributed by atoms with van der Waals surface area (Å²) < 4.78 is 37.1. The van der Waals surface area contributed by atoms with Gasteiger partial charge in [0.25, 0.3) is 11.8 Å². The molecule has 2 heterocycles. The molecule has 146 valence electrons. The number of hydrogen-bond acceptors (Lipinski definition) is 5. The van der Waals surface area contributed by atoms with Crippen molar-refractivity contribution in [2.45, 2.75) is 43.7 Å². The molecule has 2 aliphatic heterocycles. The number of rotatable bonds is 3. The molecule has 2 fully saturated rings. The van der Waals surface area contributed by atoms with Gasteiger partial charge in [0, 0.05) is 6.42 Å². The lowest BCUT2D eigenvalue weighted by Crippen LogP contribution is -2.47. The molecule has 27 heavy (non-hydrogen) atoms.